The first kappa shape index (κ1) is 26.7. The van der Waals surface area contributed by atoms with Crippen LogP contribution in [-0.2, 0) is 23.1 Å². The van der Waals surface area contributed by atoms with Crippen LogP contribution < -0.4 is 8.92 Å². The Balaban J connectivity index is 2.26. The molecule has 0 bridgehead atoms. The first-order chi connectivity index (χ1) is 15.7. The van der Waals surface area contributed by atoms with E-state index < -0.39 is 10.1 Å². The van der Waals surface area contributed by atoms with Crippen LogP contribution >= 0.6 is 0 Å². The molecule has 33 heavy (non-hydrogen) atoms. The lowest BCUT2D eigenvalue weighted by Gasteiger charge is -2.29. The third-order valence-electron chi connectivity index (χ3n) is 5.80. The van der Waals surface area contributed by atoms with E-state index in [1.807, 2.05) is 49.1 Å². The largest absolute Gasteiger partial charge is 0.493 e. The molecule has 0 aliphatic carbocycles. The molecule has 0 saturated carbocycles. The summed E-state index contributed by atoms with van der Waals surface area (Å²) in [5.74, 6) is 0.261. The Bertz CT molecular complexity index is 1000. The van der Waals surface area contributed by atoms with Gasteiger partial charge in [-0.25, -0.2) is 0 Å². The van der Waals surface area contributed by atoms with E-state index in [4.69, 9.17) is 8.92 Å². The van der Waals surface area contributed by atoms with E-state index in [2.05, 4.69) is 6.92 Å². The molecule has 1 amide bonds. The lowest BCUT2D eigenvalue weighted by molar-refractivity contribution is 0.0671. The van der Waals surface area contributed by atoms with Crippen LogP contribution in [0.4, 0.5) is 0 Å². The summed E-state index contributed by atoms with van der Waals surface area (Å²) in [5.41, 5.74) is 2.65. The molecule has 182 valence electrons. The van der Waals surface area contributed by atoms with Crippen molar-refractivity contribution in [3.05, 3.63) is 59.2 Å². The van der Waals surface area contributed by atoms with Gasteiger partial charge in [-0.3, -0.25) is 4.79 Å². The first-order valence-corrected chi connectivity index (χ1v) is 13.3. The number of hydrogen-bond acceptors (Lipinski definition) is 5. The van der Waals surface area contributed by atoms with E-state index >= 15 is 0 Å². The molecule has 0 N–H and O–H groups in total. The van der Waals surface area contributed by atoms with Gasteiger partial charge >= 0.3 is 10.1 Å². The monoisotopic (exact) mass is 475 g/mol. The lowest BCUT2D eigenvalue weighted by atomic mass is 10.0. The first-order valence-electron chi connectivity index (χ1n) is 11.7. The number of rotatable bonds is 13. The van der Waals surface area contributed by atoms with Gasteiger partial charge in [-0.05, 0) is 68.5 Å². The molecule has 0 heterocycles. The number of aryl methyl sites for hydroxylation is 1. The summed E-state index contributed by atoms with van der Waals surface area (Å²) in [6.45, 7) is 8.09. The van der Waals surface area contributed by atoms with Crippen LogP contribution in [0.1, 0.15) is 74.9 Å². The summed E-state index contributed by atoms with van der Waals surface area (Å²) < 4.78 is 34.5. The zero-order valence-electron chi connectivity index (χ0n) is 20.5. The Hall–Kier alpha value is -2.54. The molecule has 1 unspecified atom stereocenters. The van der Waals surface area contributed by atoms with Gasteiger partial charge in [-0.2, -0.15) is 8.42 Å². The van der Waals surface area contributed by atoms with Crippen molar-refractivity contribution < 1.29 is 22.1 Å². The fourth-order valence-corrected chi connectivity index (χ4v) is 4.01. The highest BCUT2D eigenvalue weighted by molar-refractivity contribution is 7.87. The standard InChI is InChI=1S/C26H37NO5S/c1-6-9-10-11-21-12-15-23(16-13-21)26(28)27(20(4)7-2)19-22-14-17-24(31-5)25(18-22)32-33(29,30)8-3/h12-18,20H,6-11,19H2,1-5H3. The SMILES string of the molecule is CCCCCc1ccc(C(=O)N(Cc2ccc(OC)c(OS(=O)(=O)CC)c2)C(C)CC)cc1. The third kappa shape index (κ3) is 7.77. The van der Waals surface area contributed by atoms with E-state index in [1.54, 1.807) is 12.1 Å². The number of methoxy groups -OCH3 is 1. The Kier molecular flexibility index (Phi) is 10.2. The molecular formula is C26H37NO5S. The van der Waals surface area contributed by atoms with Gasteiger partial charge in [0.1, 0.15) is 0 Å². The minimum atomic E-state index is -3.70. The zero-order valence-corrected chi connectivity index (χ0v) is 21.3. The predicted octanol–water partition coefficient (Wildman–Crippen LogP) is 5.60. The lowest BCUT2D eigenvalue weighted by Crippen LogP contribution is -2.37. The van der Waals surface area contributed by atoms with Gasteiger partial charge in [0.25, 0.3) is 5.91 Å². The van der Waals surface area contributed by atoms with E-state index in [0.29, 0.717) is 17.9 Å². The van der Waals surface area contributed by atoms with Crippen molar-refractivity contribution in [2.45, 2.75) is 72.4 Å². The van der Waals surface area contributed by atoms with Gasteiger partial charge in [0, 0.05) is 18.2 Å². The number of nitrogens with zero attached hydrogens (tertiary/aromatic N) is 1. The number of unbranched alkanes of at least 4 members (excludes halogenated alkanes) is 2. The highest BCUT2D eigenvalue weighted by atomic mass is 32.2. The Morgan fingerprint density at radius 3 is 2.21 bits per heavy atom. The topological polar surface area (TPSA) is 72.9 Å². The summed E-state index contributed by atoms with van der Waals surface area (Å²) in [6, 6.07) is 13.0. The van der Waals surface area contributed by atoms with Crippen LogP contribution in [0.25, 0.3) is 0 Å². The van der Waals surface area contributed by atoms with Crippen molar-refractivity contribution in [1.29, 1.82) is 0 Å². The Labute approximate surface area is 199 Å². The summed E-state index contributed by atoms with van der Waals surface area (Å²) in [4.78, 5) is 15.2. The van der Waals surface area contributed by atoms with Crippen LogP contribution in [0, 0.1) is 0 Å². The summed E-state index contributed by atoms with van der Waals surface area (Å²) in [5, 5.41) is 0. The van der Waals surface area contributed by atoms with Crippen molar-refractivity contribution in [1.82, 2.24) is 4.90 Å². The van der Waals surface area contributed by atoms with Crippen molar-refractivity contribution in [3.63, 3.8) is 0 Å². The van der Waals surface area contributed by atoms with Crippen molar-refractivity contribution in [2.75, 3.05) is 12.9 Å². The van der Waals surface area contributed by atoms with Gasteiger partial charge in [0.2, 0.25) is 0 Å². The quantitative estimate of drug-likeness (QED) is 0.279. The fraction of sp³-hybridized carbons (Fsp3) is 0.500. The summed E-state index contributed by atoms with van der Waals surface area (Å²) in [6.07, 6.45) is 5.36. The molecule has 2 aromatic carbocycles. The van der Waals surface area contributed by atoms with Gasteiger partial charge < -0.3 is 13.8 Å². The maximum atomic E-state index is 13.4. The molecule has 0 aliphatic rings. The van der Waals surface area contributed by atoms with Gasteiger partial charge in [0.05, 0.1) is 12.9 Å². The van der Waals surface area contributed by atoms with Gasteiger partial charge in [-0.1, -0.05) is 44.9 Å². The van der Waals surface area contributed by atoms with Gasteiger partial charge in [-0.15, -0.1) is 0 Å². The molecule has 7 heteroatoms. The molecule has 6 nitrogen and oxygen atoms in total. The molecule has 1 atom stereocenters. The highest BCUT2D eigenvalue weighted by Gasteiger charge is 2.22. The number of carbonyl (C=O) groups excluding carboxylic acids is 1. The van der Waals surface area contributed by atoms with Crippen LogP contribution in [0.5, 0.6) is 11.5 Å². The van der Waals surface area contributed by atoms with E-state index in [1.165, 1.54) is 32.4 Å². The molecule has 2 aromatic rings. The predicted molar refractivity (Wildman–Crippen MR) is 132 cm³/mol. The summed E-state index contributed by atoms with van der Waals surface area (Å²) in [7, 11) is -2.24. The second kappa shape index (κ2) is 12.6. The smallest absolute Gasteiger partial charge is 0.309 e. The molecule has 0 fully saturated rings. The van der Waals surface area contributed by atoms with E-state index in [-0.39, 0.29) is 23.5 Å². The van der Waals surface area contributed by atoms with Crippen LogP contribution in [0.15, 0.2) is 42.5 Å². The van der Waals surface area contributed by atoms with E-state index in [9.17, 15) is 13.2 Å². The average Bonchev–Trinajstić information content (AvgIpc) is 2.82. The molecule has 0 aromatic heterocycles. The number of benzene rings is 2. The number of hydrogen-bond donors (Lipinski definition) is 0. The van der Waals surface area contributed by atoms with Crippen LogP contribution in [0.2, 0.25) is 0 Å². The van der Waals surface area contributed by atoms with Crippen molar-refractivity contribution >= 4 is 16.0 Å². The van der Waals surface area contributed by atoms with Crippen LogP contribution in [0.3, 0.4) is 0 Å². The minimum Gasteiger partial charge on any atom is -0.493 e. The Morgan fingerprint density at radius 2 is 1.64 bits per heavy atom. The third-order valence-corrected chi connectivity index (χ3v) is 6.95. The maximum Gasteiger partial charge on any atom is 0.309 e. The summed E-state index contributed by atoms with van der Waals surface area (Å²) >= 11 is 0. The van der Waals surface area contributed by atoms with Crippen molar-refractivity contribution in [2.24, 2.45) is 0 Å². The van der Waals surface area contributed by atoms with E-state index in [0.717, 1.165) is 24.8 Å². The van der Waals surface area contributed by atoms with Crippen LogP contribution in [-0.4, -0.2) is 38.1 Å². The molecular weight excluding hydrogens is 438 g/mol. The number of ether oxygens (including phenoxy) is 1. The maximum absolute atomic E-state index is 13.4. The molecule has 0 saturated heterocycles. The second-order valence-electron chi connectivity index (χ2n) is 8.26. The average molecular weight is 476 g/mol. The zero-order chi connectivity index (χ0) is 24.4. The Morgan fingerprint density at radius 1 is 0.970 bits per heavy atom. The number of amides is 1. The van der Waals surface area contributed by atoms with Crippen molar-refractivity contribution in [3.8, 4) is 11.5 Å². The fourth-order valence-electron chi connectivity index (χ4n) is 3.48. The normalized spacial score (nSPS) is 12.3. The minimum absolute atomic E-state index is 0.00701. The van der Waals surface area contributed by atoms with Gasteiger partial charge in [0.15, 0.2) is 11.5 Å². The molecule has 0 spiro atoms. The number of carbonyl (C=O) groups is 1. The highest BCUT2D eigenvalue weighted by Crippen LogP contribution is 2.30. The molecule has 0 aliphatic heterocycles. The molecule has 0 radical (unpaired) electrons. The molecule has 2 rings (SSSR count). The second-order valence-corrected chi connectivity index (χ2v) is 10.1.